The number of hydrogen-bond donors (Lipinski definition) is 0. The van der Waals surface area contributed by atoms with Crippen molar-refractivity contribution < 1.29 is 4.92 Å². The van der Waals surface area contributed by atoms with Crippen LogP contribution in [0, 0.1) is 20.8 Å². The molecule has 0 fully saturated rings. The smallest absolute Gasteiger partial charge is 0.258 e. The molecule has 0 atom stereocenters. The van der Waals surface area contributed by atoms with Crippen molar-refractivity contribution in [1.29, 1.82) is 5.26 Å². The van der Waals surface area contributed by atoms with Crippen LogP contribution in [-0.4, -0.2) is 10.7 Å². The standard InChI is InChI=1S/C9H8N2O2S/c10-7-14-6-5-8-1-3-9(4-2-8)11(12)13/h1-4H,5-6H2. The van der Waals surface area contributed by atoms with Crippen LogP contribution in [0.15, 0.2) is 24.3 Å². The predicted octanol–water partition coefficient (Wildman–Crippen LogP) is 2.35. The predicted molar refractivity (Wildman–Crippen MR) is 54.9 cm³/mol. The van der Waals surface area contributed by atoms with Crippen molar-refractivity contribution in [1.82, 2.24) is 0 Å². The minimum Gasteiger partial charge on any atom is -0.258 e. The van der Waals surface area contributed by atoms with Crippen LogP contribution in [0.4, 0.5) is 5.69 Å². The van der Waals surface area contributed by atoms with Crippen LogP contribution >= 0.6 is 11.8 Å². The van der Waals surface area contributed by atoms with Gasteiger partial charge in [0.25, 0.3) is 5.69 Å². The summed E-state index contributed by atoms with van der Waals surface area (Å²) < 4.78 is 0. The lowest BCUT2D eigenvalue weighted by atomic mass is 10.1. The highest BCUT2D eigenvalue weighted by atomic mass is 32.2. The molecule has 0 aromatic heterocycles. The highest BCUT2D eigenvalue weighted by Crippen LogP contribution is 2.13. The maximum absolute atomic E-state index is 10.3. The number of thioether (sulfide) groups is 1. The Hall–Kier alpha value is -1.54. The summed E-state index contributed by atoms with van der Waals surface area (Å²) in [5.41, 5.74) is 1.11. The molecular formula is C9H8N2O2S. The van der Waals surface area contributed by atoms with Crippen molar-refractivity contribution in [2.24, 2.45) is 0 Å². The molecule has 0 aliphatic carbocycles. The van der Waals surface area contributed by atoms with E-state index in [2.05, 4.69) is 0 Å². The highest BCUT2D eigenvalue weighted by Gasteiger charge is 2.03. The first-order chi connectivity index (χ1) is 6.74. The topological polar surface area (TPSA) is 66.9 Å². The molecule has 0 amide bonds. The first kappa shape index (κ1) is 10.5. The number of benzene rings is 1. The van der Waals surface area contributed by atoms with Gasteiger partial charge in [-0.15, -0.1) is 0 Å². The Labute approximate surface area is 85.7 Å². The molecular weight excluding hydrogens is 200 g/mol. The Bertz CT molecular complexity index is 356. The van der Waals surface area contributed by atoms with Gasteiger partial charge in [0.2, 0.25) is 0 Å². The fraction of sp³-hybridized carbons (Fsp3) is 0.222. The molecule has 0 aliphatic rings. The Morgan fingerprint density at radius 2 is 2.07 bits per heavy atom. The molecule has 0 radical (unpaired) electrons. The van der Waals surface area contributed by atoms with Gasteiger partial charge in [0.15, 0.2) is 0 Å². The van der Waals surface area contributed by atoms with Gasteiger partial charge in [-0.25, -0.2) is 0 Å². The molecule has 0 N–H and O–H groups in total. The monoisotopic (exact) mass is 208 g/mol. The quantitative estimate of drug-likeness (QED) is 0.329. The van der Waals surface area contributed by atoms with Crippen molar-refractivity contribution in [2.45, 2.75) is 6.42 Å². The highest BCUT2D eigenvalue weighted by molar-refractivity contribution is 8.03. The molecule has 14 heavy (non-hydrogen) atoms. The molecule has 0 spiro atoms. The van der Waals surface area contributed by atoms with E-state index in [1.165, 1.54) is 23.9 Å². The van der Waals surface area contributed by atoms with E-state index < -0.39 is 4.92 Å². The minimum atomic E-state index is -0.423. The van der Waals surface area contributed by atoms with Crippen LogP contribution in [0.3, 0.4) is 0 Å². The summed E-state index contributed by atoms with van der Waals surface area (Å²) in [5.74, 6) is 0.717. The molecule has 4 nitrogen and oxygen atoms in total. The van der Waals surface area contributed by atoms with Crippen molar-refractivity contribution >= 4 is 17.4 Å². The molecule has 1 aromatic rings. The van der Waals surface area contributed by atoms with Crippen molar-refractivity contribution in [3.63, 3.8) is 0 Å². The molecule has 0 bridgehead atoms. The third-order valence-corrected chi connectivity index (χ3v) is 2.24. The molecule has 0 unspecified atom stereocenters. The summed E-state index contributed by atoms with van der Waals surface area (Å²) in [4.78, 5) is 9.91. The third kappa shape index (κ3) is 3.07. The normalized spacial score (nSPS) is 9.36. The molecule has 5 heteroatoms. The van der Waals surface area contributed by atoms with Gasteiger partial charge in [-0.3, -0.25) is 10.1 Å². The average molecular weight is 208 g/mol. The summed E-state index contributed by atoms with van der Waals surface area (Å²) in [6.07, 6.45) is 0.760. The number of non-ortho nitro benzene ring substituents is 1. The van der Waals surface area contributed by atoms with Crippen molar-refractivity contribution in [3.8, 4) is 5.40 Å². The Balaban J connectivity index is 2.56. The van der Waals surface area contributed by atoms with Crippen LogP contribution in [0.5, 0.6) is 0 Å². The van der Waals surface area contributed by atoms with E-state index in [0.29, 0.717) is 5.75 Å². The first-order valence-electron chi connectivity index (χ1n) is 3.98. The van der Waals surface area contributed by atoms with Crippen LogP contribution in [0.1, 0.15) is 5.56 Å². The van der Waals surface area contributed by atoms with Crippen LogP contribution in [0.2, 0.25) is 0 Å². The zero-order chi connectivity index (χ0) is 10.4. The van der Waals surface area contributed by atoms with E-state index in [0.717, 1.165) is 12.0 Å². The first-order valence-corrected chi connectivity index (χ1v) is 4.97. The lowest BCUT2D eigenvalue weighted by molar-refractivity contribution is -0.384. The molecule has 0 aliphatic heterocycles. The molecule has 0 heterocycles. The van der Waals surface area contributed by atoms with Crippen LogP contribution in [0.25, 0.3) is 0 Å². The van der Waals surface area contributed by atoms with Gasteiger partial charge in [0, 0.05) is 17.9 Å². The van der Waals surface area contributed by atoms with Crippen molar-refractivity contribution in [3.05, 3.63) is 39.9 Å². The van der Waals surface area contributed by atoms with E-state index in [1.54, 1.807) is 12.1 Å². The maximum Gasteiger partial charge on any atom is 0.269 e. The Morgan fingerprint density at radius 1 is 1.43 bits per heavy atom. The number of aryl methyl sites for hydroxylation is 1. The van der Waals surface area contributed by atoms with E-state index in [9.17, 15) is 10.1 Å². The second-order valence-corrected chi connectivity index (χ2v) is 3.49. The molecule has 1 aromatic carbocycles. The number of nitro groups is 1. The third-order valence-electron chi connectivity index (χ3n) is 1.70. The van der Waals surface area contributed by atoms with Gasteiger partial charge in [-0.1, -0.05) is 12.1 Å². The summed E-state index contributed by atoms with van der Waals surface area (Å²) >= 11 is 1.19. The Morgan fingerprint density at radius 3 is 2.57 bits per heavy atom. The number of nitriles is 1. The zero-order valence-electron chi connectivity index (χ0n) is 7.34. The maximum atomic E-state index is 10.3. The lowest BCUT2D eigenvalue weighted by Crippen LogP contribution is -1.90. The van der Waals surface area contributed by atoms with E-state index in [-0.39, 0.29) is 5.69 Å². The number of thiocyanates is 1. The second-order valence-electron chi connectivity index (χ2n) is 2.61. The van der Waals surface area contributed by atoms with Gasteiger partial charge < -0.3 is 0 Å². The van der Waals surface area contributed by atoms with E-state index in [1.807, 2.05) is 5.40 Å². The van der Waals surface area contributed by atoms with Gasteiger partial charge in [0.1, 0.15) is 5.40 Å². The Kier molecular flexibility index (Phi) is 3.95. The fourth-order valence-electron chi connectivity index (χ4n) is 0.999. The van der Waals surface area contributed by atoms with Gasteiger partial charge in [-0.2, -0.15) is 5.26 Å². The SMILES string of the molecule is N#CSCCc1ccc([N+](=O)[O-])cc1. The number of nitrogens with zero attached hydrogens (tertiary/aromatic N) is 2. The number of hydrogen-bond acceptors (Lipinski definition) is 4. The summed E-state index contributed by atoms with van der Waals surface area (Å²) in [6, 6.07) is 6.39. The molecule has 0 saturated heterocycles. The summed E-state index contributed by atoms with van der Waals surface area (Å²) in [7, 11) is 0. The van der Waals surface area contributed by atoms with Crippen LogP contribution < -0.4 is 0 Å². The van der Waals surface area contributed by atoms with E-state index in [4.69, 9.17) is 5.26 Å². The van der Waals surface area contributed by atoms with Gasteiger partial charge in [-0.05, 0) is 23.7 Å². The summed E-state index contributed by atoms with van der Waals surface area (Å²) in [6.45, 7) is 0. The van der Waals surface area contributed by atoms with Crippen LogP contribution in [-0.2, 0) is 6.42 Å². The number of nitro benzene ring substituents is 1. The minimum absolute atomic E-state index is 0.0988. The summed E-state index contributed by atoms with van der Waals surface area (Å²) in [5, 5.41) is 20.6. The zero-order valence-corrected chi connectivity index (χ0v) is 8.16. The molecule has 72 valence electrons. The fourth-order valence-corrected chi connectivity index (χ4v) is 1.43. The second kappa shape index (κ2) is 5.25. The average Bonchev–Trinajstić information content (AvgIpc) is 2.19. The lowest BCUT2D eigenvalue weighted by Gasteiger charge is -1.97. The largest absolute Gasteiger partial charge is 0.269 e. The van der Waals surface area contributed by atoms with E-state index >= 15 is 0 Å². The molecule has 1 rings (SSSR count). The van der Waals surface area contributed by atoms with Gasteiger partial charge >= 0.3 is 0 Å². The van der Waals surface area contributed by atoms with Gasteiger partial charge in [0.05, 0.1) is 4.92 Å². The molecule has 0 saturated carbocycles. The van der Waals surface area contributed by atoms with Crippen molar-refractivity contribution in [2.75, 3.05) is 5.75 Å². The number of rotatable bonds is 4.